The van der Waals surface area contributed by atoms with Crippen molar-refractivity contribution < 1.29 is 0 Å². The number of rotatable bonds is 11. The van der Waals surface area contributed by atoms with Crippen molar-refractivity contribution in [2.45, 2.75) is 105 Å². The summed E-state index contributed by atoms with van der Waals surface area (Å²) in [4.78, 5) is 7.69. The van der Waals surface area contributed by atoms with E-state index >= 15 is 0 Å². The van der Waals surface area contributed by atoms with Crippen LogP contribution in [0.4, 0.5) is 51.2 Å². The fraction of sp³-hybridized carbons (Fsp3) is 0.182. The van der Waals surface area contributed by atoms with Gasteiger partial charge in [0, 0.05) is 0 Å². The van der Waals surface area contributed by atoms with Gasteiger partial charge in [0.05, 0.1) is 0 Å². The van der Waals surface area contributed by atoms with Gasteiger partial charge in [-0.25, -0.2) is 0 Å². The Morgan fingerprint density at radius 1 is 0.290 bits per heavy atom. The van der Waals surface area contributed by atoms with Crippen LogP contribution >= 0.6 is 0 Å². The van der Waals surface area contributed by atoms with E-state index < -0.39 is 0 Å². The molecule has 0 saturated carbocycles. The molecule has 2 aliphatic rings. The molecule has 2 heterocycles. The van der Waals surface area contributed by atoms with Crippen LogP contribution in [0.2, 0.25) is 0 Å². The molecule has 0 bridgehead atoms. The van der Waals surface area contributed by atoms with Crippen LogP contribution in [0, 0.1) is 0 Å². The molecule has 14 rings (SSSR count). The van der Waals surface area contributed by atoms with Crippen molar-refractivity contribution in [3.63, 3.8) is 0 Å². The summed E-state index contributed by atoms with van der Waals surface area (Å²) in [5.41, 5.74) is 28.9. The summed E-state index contributed by atoms with van der Waals surface area (Å²) in [5.74, 6) is 0. The summed E-state index contributed by atoms with van der Waals surface area (Å²) in [6, 6.07) is 106. The molecule has 0 N–H and O–H groups in total. The Balaban J connectivity index is 1.06. The van der Waals surface area contributed by atoms with E-state index in [9.17, 15) is 0 Å². The second-order valence-electron chi connectivity index (χ2n) is 29.5. The molecule has 2 aliphatic heterocycles. The van der Waals surface area contributed by atoms with E-state index in [2.05, 4.69) is 377 Å². The number of anilines is 9. The van der Waals surface area contributed by atoms with Gasteiger partial charge in [0.15, 0.2) is 0 Å². The van der Waals surface area contributed by atoms with Crippen LogP contribution in [0.15, 0.2) is 279 Å². The topological polar surface area (TPSA) is 9.72 Å². The SMILES string of the molecule is CC(C)(C)c1ccc(N(c2ccc3c(c2)[Se]c2cc(-c4ccccc4-c4ccccc4)cc4c2B3c2ccc(N(c3ccc(C(C)(C)C)cc3)c3ccccc3-c3ccccc3)cc2N4c2cc(C(C)(C)C)cc(C(C)(C)C)c2)c2ccccc2-c2ccccc2)cc1. The number of para-hydroxylation sites is 2. The van der Waals surface area contributed by atoms with E-state index in [1.165, 1.54) is 109 Å². The summed E-state index contributed by atoms with van der Waals surface area (Å²) in [6.07, 6.45) is 0. The Morgan fingerprint density at radius 2 is 0.677 bits per heavy atom. The van der Waals surface area contributed by atoms with Crippen LogP contribution in [-0.4, -0.2) is 21.7 Å². The average Bonchev–Trinajstić information content (AvgIpc) is 0.704. The van der Waals surface area contributed by atoms with E-state index in [0.717, 1.165) is 34.1 Å². The zero-order valence-electron chi connectivity index (χ0n) is 55.9. The standard InChI is InChI=1S/C88H82BN3Se/c1-85(2,3)63-40-44-67(45-41-63)90(78-38-26-24-36-74(78)60-30-18-14-19-31-60)69-48-50-76-80(57-69)92(71-55-65(87(7,8)9)54-66(56-71)88(10,11)12)81-52-62(73-35-23-22-34-72(73)59-28-16-13-17-29-59)53-83-84(81)89(76)77-51-49-70(58-82(77)93-83)91(68-46-42-64(43-47-68)86(4,5)6)79-39-27-25-37-75(79)61-32-20-15-21-33-61/h13-58H,1-12H3. The predicted molar refractivity (Wildman–Crippen MR) is 403 cm³/mol. The van der Waals surface area contributed by atoms with Gasteiger partial charge in [-0.05, 0) is 5.41 Å². The van der Waals surface area contributed by atoms with Crippen LogP contribution in [0.5, 0.6) is 0 Å². The number of hydrogen-bond donors (Lipinski definition) is 0. The number of hydrogen-bond acceptors (Lipinski definition) is 3. The normalized spacial score (nSPS) is 12.9. The van der Waals surface area contributed by atoms with Crippen molar-refractivity contribution in [1.29, 1.82) is 0 Å². The third-order valence-electron chi connectivity index (χ3n) is 18.9. The molecule has 0 aliphatic carbocycles. The molecule has 3 nitrogen and oxygen atoms in total. The van der Waals surface area contributed by atoms with Crippen LogP contribution in [0.1, 0.15) is 105 Å². The zero-order chi connectivity index (χ0) is 64.6. The number of fused-ring (bicyclic) bond motifs is 4. The van der Waals surface area contributed by atoms with E-state index in [1.54, 1.807) is 0 Å². The monoisotopic (exact) mass is 1270 g/mol. The molecular formula is C88H82BN3Se. The molecule has 0 fully saturated rings. The molecule has 0 atom stereocenters. The van der Waals surface area contributed by atoms with Crippen molar-refractivity contribution in [3.05, 3.63) is 301 Å². The molecule has 0 radical (unpaired) electrons. The van der Waals surface area contributed by atoms with Crippen molar-refractivity contribution in [2.75, 3.05) is 14.7 Å². The van der Waals surface area contributed by atoms with Crippen molar-refractivity contribution in [1.82, 2.24) is 0 Å². The molecule has 5 heteroatoms. The van der Waals surface area contributed by atoms with Gasteiger partial charge in [-0.3, -0.25) is 0 Å². The third kappa shape index (κ3) is 11.8. The molecular weight excluding hydrogens is 1190 g/mol. The first-order valence-electron chi connectivity index (χ1n) is 33.0. The minimum atomic E-state index is -0.129. The van der Waals surface area contributed by atoms with Gasteiger partial charge in [-0.15, -0.1) is 0 Å². The fourth-order valence-corrected chi connectivity index (χ4v) is 16.4. The van der Waals surface area contributed by atoms with Crippen LogP contribution in [0.3, 0.4) is 0 Å². The first-order valence-corrected chi connectivity index (χ1v) is 34.7. The Labute approximate surface area is 559 Å². The van der Waals surface area contributed by atoms with E-state index in [0.29, 0.717) is 0 Å². The predicted octanol–water partition coefficient (Wildman–Crippen LogP) is 20.8. The van der Waals surface area contributed by atoms with Crippen LogP contribution in [0.25, 0.3) is 44.5 Å². The maximum absolute atomic E-state index is 2.68. The van der Waals surface area contributed by atoms with Gasteiger partial charge in [0.1, 0.15) is 0 Å². The summed E-state index contributed by atoms with van der Waals surface area (Å²) >= 11 is -0.117. The van der Waals surface area contributed by atoms with Crippen LogP contribution < -0.4 is 40.0 Å². The Kier molecular flexibility index (Phi) is 15.7. The molecule has 0 spiro atoms. The van der Waals surface area contributed by atoms with Crippen molar-refractivity contribution in [3.8, 4) is 44.5 Å². The summed E-state index contributed by atoms with van der Waals surface area (Å²) in [7, 11) is 0. The van der Waals surface area contributed by atoms with Gasteiger partial charge in [0.2, 0.25) is 0 Å². The molecule has 0 aromatic heterocycles. The first-order chi connectivity index (χ1) is 44.7. The van der Waals surface area contributed by atoms with Gasteiger partial charge < -0.3 is 0 Å². The second kappa shape index (κ2) is 23.9. The summed E-state index contributed by atoms with van der Waals surface area (Å²) in [6.45, 7) is 27.9. The van der Waals surface area contributed by atoms with Crippen molar-refractivity contribution in [2.24, 2.45) is 0 Å². The van der Waals surface area contributed by atoms with Gasteiger partial charge >= 0.3 is 519 Å². The first kappa shape index (κ1) is 61.1. The molecule has 0 saturated heterocycles. The molecule has 0 unspecified atom stereocenters. The zero-order valence-corrected chi connectivity index (χ0v) is 57.6. The van der Waals surface area contributed by atoms with Gasteiger partial charge in [-0.2, -0.15) is 0 Å². The van der Waals surface area contributed by atoms with Gasteiger partial charge in [0.25, 0.3) is 0 Å². The van der Waals surface area contributed by atoms with E-state index in [1.807, 2.05) is 0 Å². The molecule has 12 aromatic carbocycles. The van der Waals surface area contributed by atoms with E-state index in [-0.39, 0.29) is 43.3 Å². The van der Waals surface area contributed by atoms with Crippen LogP contribution in [-0.2, 0) is 21.7 Å². The quantitative estimate of drug-likeness (QED) is 0.120. The van der Waals surface area contributed by atoms with Gasteiger partial charge in [-0.1, -0.05) is 39.0 Å². The maximum atomic E-state index is 2.68. The second-order valence-corrected chi connectivity index (χ2v) is 31.7. The average molecular weight is 1270 g/mol. The Morgan fingerprint density at radius 3 is 1.14 bits per heavy atom. The minimum absolute atomic E-state index is 0.00585. The summed E-state index contributed by atoms with van der Waals surface area (Å²) < 4.78 is 2.79. The number of benzene rings is 12. The number of nitrogens with zero attached hydrogens (tertiary/aromatic N) is 3. The molecule has 458 valence electrons. The van der Waals surface area contributed by atoms with Crippen molar-refractivity contribution >= 4 is 98.2 Å². The Bertz CT molecular complexity index is 4710. The fourth-order valence-electron chi connectivity index (χ4n) is 13.8. The summed E-state index contributed by atoms with van der Waals surface area (Å²) in [5, 5.41) is 0. The van der Waals surface area contributed by atoms with E-state index in [4.69, 9.17) is 0 Å². The molecule has 93 heavy (non-hydrogen) atoms. The Hall–Kier alpha value is -9.38. The molecule has 12 aromatic rings. The molecule has 0 amide bonds. The third-order valence-corrected chi connectivity index (χ3v) is 21.3.